The third-order valence-electron chi connectivity index (χ3n) is 5.18. The van der Waals surface area contributed by atoms with Gasteiger partial charge in [0.05, 0.1) is 7.11 Å². The molecule has 3 rings (SSSR count). The molecule has 0 saturated heterocycles. The van der Waals surface area contributed by atoms with Gasteiger partial charge in [0.1, 0.15) is 11.8 Å². The smallest absolute Gasteiger partial charge is 0.328 e. The molecule has 5 heteroatoms. The van der Waals surface area contributed by atoms with Gasteiger partial charge in [-0.3, -0.25) is 4.79 Å². The van der Waals surface area contributed by atoms with Crippen LogP contribution in [0.4, 0.5) is 0 Å². The van der Waals surface area contributed by atoms with Crippen molar-refractivity contribution in [1.29, 1.82) is 0 Å². The van der Waals surface area contributed by atoms with Gasteiger partial charge in [-0.15, -0.1) is 0 Å². The van der Waals surface area contributed by atoms with Crippen LogP contribution in [0.1, 0.15) is 42.0 Å². The average Bonchev–Trinajstić information content (AvgIpc) is 2.70. The minimum absolute atomic E-state index is 0.112. The fraction of sp³-hybridized carbons (Fsp3) is 0.391. The number of esters is 1. The molecule has 0 saturated carbocycles. The molecule has 0 fully saturated rings. The zero-order chi connectivity index (χ0) is 20.3. The van der Waals surface area contributed by atoms with Gasteiger partial charge in [0.15, 0.2) is 6.61 Å². The molecule has 0 N–H and O–H groups in total. The van der Waals surface area contributed by atoms with E-state index in [1.165, 1.54) is 7.11 Å². The molecular formula is C23H27NO4. The summed E-state index contributed by atoms with van der Waals surface area (Å²) in [5.74, 6) is 0.383. The van der Waals surface area contributed by atoms with Crippen LogP contribution in [0.25, 0.3) is 0 Å². The van der Waals surface area contributed by atoms with E-state index in [2.05, 4.69) is 13.8 Å². The van der Waals surface area contributed by atoms with Crippen molar-refractivity contribution in [3.63, 3.8) is 0 Å². The molecule has 148 valence electrons. The lowest BCUT2D eigenvalue weighted by atomic mass is 9.94. The minimum Gasteiger partial charge on any atom is -0.483 e. The van der Waals surface area contributed by atoms with E-state index in [4.69, 9.17) is 9.47 Å². The number of aryl methyl sites for hydroxylation is 1. The second-order valence-electron chi connectivity index (χ2n) is 7.52. The van der Waals surface area contributed by atoms with Crippen LogP contribution in [-0.2, 0) is 27.3 Å². The Morgan fingerprint density at radius 1 is 1.14 bits per heavy atom. The Bertz CT molecular complexity index is 875. The van der Waals surface area contributed by atoms with Crippen LogP contribution >= 0.6 is 0 Å². The van der Waals surface area contributed by atoms with Crippen LogP contribution in [-0.4, -0.2) is 36.5 Å². The molecule has 0 unspecified atom stereocenters. The van der Waals surface area contributed by atoms with Gasteiger partial charge in [-0.1, -0.05) is 50.2 Å². The van der Waals surface area contributed by atoms with Gasteiger partial charge in [0.25, 0.3) is 5.91 Å². The fourth-order valence-electron chi connectivity index (χ4n) is 3.60. The first-order valence-electron chi connectivity index (χ1n) is 9.58. The van der Waals surface area contributed by atoms with Crippen LogP contribution in [0.2, 0.25) is 0 Å². The molecule has 1 heterocycles. The summed E-state index contributed by atoms with van der Waals surface area (Å²) in [7, 11) is 1.35. The van der Waals surface area contributed by atoms with Gasteiger partial charge in [0.2, 0.25) is 0 Å². The lowest BCUT2D eigenvalue weighted by Gasteiger charge is -2.35. The monoisotopic (exact) mass is 381 g/mol. The van der Waals surface area contributed by atoms with Gasteiger partial charge in [-0.25, -0.2) is 4.79 Å². The van der Waals surface area contributed by atoms with Crippen molar-refractivity contribution in [1.82, 2.24) is 4.90 Å². The Morgan fingerprint density at radius 3 is 2.54 bits per heavy atom. The number of methoxy groups -OCH3 is 1. The first kappa shape index (κ1) is 19.9. The molecule has 0 bridgehead atoms. The van der Waals surface area contributed by atoms with Gasteiger partial charge in [0, 0.05) is 13.0 Å². The number of amides is 1. The third-order valence-corrected chi connectivity index (χ3v) is 5.18. The average molecular weight is 381 g/mol. The molecular weight excluding hydrogens is 354 g/mol. The number of ether oxygens (including phenoxy) is 2. The number of hydrogen-bond donors (Lipinski definition) is 0. The predicted molar refractivity (Wildman–Crippen MR) is 107 cm³/mol. The maximum atomic E-state index is 13.0. The number of benzene rings is 2. The maximum Gasteiger partial charge on any atom is 0.328 e. The van der Waals surface area contributed by atoms with Crippen molar-refractivity contribution in [2.45, 2.75) is 45.7 Å². The molecule has 0 aliphatic carbocycles. The molecule has 1 amide bonds. The zero-order valence-corrected chi connectivity index (χ0v) is 16.9. The highest BCUT2D eigenvalue weighted by Gasteiger charge is 2.35. The SMILES string of the molecule is COC(=O)[C@H]1Cc2ccccc2CN1C(=O)COc1cc(C)ccc1C(C)C. The summed E-state index contributed by atoms with van der Waals surface area (Å²) < 4.78 is 10.8. The molecule has 1 aliphatic heterocycles. The summed E-state index contributed by atoms with van der Waals surface area (Å²) in [6, 6.07) is 13.3. The van der Waals surface area contributed by atoms with Crippen LogP contribution in [0.15, 0.2) is 42.5 Å². The minimum atomic E-state index is -0.627. The van der Waals surface area contributed by atoms with E-state index in [1.807, 2.05) is 49.4 Å². The molecule has 2 aromatic carbocycles. The van der Waals surface area contributed by atoms with Crippen LogP contribution in [0.3, 0.4) is 0 Å². The fourth-order valence-corrected chi connectivity index (χ4v) is 3.60. The van der Waals surface area contributed by atoms with E-state index < -0.39 is 12.0 Å². The van der Waals surface area contributed by atoms with E-state index in [1.54, 1.807) is 4.90 Å². The van der Waals surface area contributed by atoms with Gasteiger partial charge in [-0.2, -0.15) is 0 Å². The van der Waals surface area contributed by atoms with Crippen molar-refractivity contribution in [3.05, 3.63) is 64.7 Å². The lowest BCUT2D eigenvalue weighted by Crippen LogP contribution is -2.50. The van der Waals surface area contributed by atoms with E-state index in [-0.39, 0.29) is 18.4 Å². The van der Waals surface area contributed by atoms with Crippen molar-refractivity contribution >= 4 is 11.9 Å². The second-order valence-corrected chi connectivity index (χ2v) is 7.52. The number of carbonyl (C=O) groups excluding carboxylic acids is 2. The first-order chi connectivity index (χ1) is 13.4. The zero-order valence-electron chi connectivity index (χ0n) is 16.9. The first-order valence-corrected chi connectivity index (χ1v) is 9.58. The summed E-state index contributed by atoms with van der Waals surface area (Å²) >= 11 is 0. The number of rotatable bonds is 5. The number of carbonyl (C=O) groups is 2. The summed E-state index contributed by atoms with van der Waals surface area (Å²) in [5, 5.41) is 0. The second kappa shape index (κ2) is 8.46. The maximum absolute atomic E-state index is 13.0. The van der Waals surface area contributed by atoms with Crippen molar-refractivity contribution in [2.24, 2.45) is 0 Å². The van der Waals surface area contributed by atoms with Crippen LogP contribution in [0, 0.1) is 6.92 Å². The molecule has 0 aromatic heterocycles. The molecule has 0 radical (unpaired) electrons. The van der Waals surface area contributed by atoms with E-state index in [9.17, 15) is 9.59 Å². The van der Waals surface area contributed by atoms with Gasteiger partial charge < -0.3 is 14.4 Å². The van der Waals surface area contributed by atoms with Crippen molar-refractivity contribution < 1.29 is 19.1 Å². The van der Waals surface area contributed by atoms with E-state index >= 15 is 0 Å². The lowest BCUT2D eigenvalue weighted by molar-refractivity contribution is -0.154. The molecule has 1 atom stereocenters. The van der Waals surface area contributed by atoms with Crippen LogP contribution in [0.5, 0.6) is 5.75 Å². The molecule has 5 nitrogen and oxygen atoms in total. The Kier molecular flexibility index (Phi) is 6.02. The van der Waals surface area contributed by atoms with Gasteiger partial charge in [-0.05, 0) is 41.2 Å². The van der Waals surface area contributed by atoms with Crippen molar-refractivity contribution in [2.75, 3.05) is 13.7 Å². The van der Waals surface area contributed by atoms with E-state index in [0.29, 0.717) is 13.0 Å². The standard InChI is InChI=1S/C23H27NO4/c1-15(2)19-10-9-16(3)11-21(19)28-14-22(25)24-13-18-8-6-5-7-17(18)12-20(24)23(26)27-4/h5-11,15,20H,12-14H2,1-4H3/t20-/m1/s1. The molecule has 1 aliphatic rings. The summed E-state index contributed by atoms with van der Waals surface area (Å²) in [5.41, 5.74) is 4.26. The Morgan fingerprint density at radius 2 is 1.86 bits per heavy atom. The Hall–Kier alpha value is -2.82. The highest BCUT2D eigenvalue weighted by Crippen LogP contribution is 2.28. The molecule has 2 aromatic rings. The summed E-state index contributed by atoms with van der Waals surface area (Å²) in [6.45, 7) is 6.44. The topological polar surface area (TPSA) is 55.8 Å². The molecule has 28 heavy (non-hydrogen) atoms. The van der Waals surface area contributed by atoms with E-state index in [0.717, 1.165) is 28.0 Å². The predicted octanol–water partition coefficient (Wildman–Crippen LogP) is 3.62. The molecule has 0 spiro atoms. The van der Waals surface area contributed by atoms with Crippen LogP contribution < -0.4 is 4.74 Å². The highest BCUT2D eigenvalue weighted by molar-refractivity contribution is 5.86. The number of fused-ring (bicyclic) bond motifs is 1. The summed E-state index contributed by atoms with van der Waals surface area (Å²) in [6.07, 6.45) is 0.455. The quantitative estimate of drug-likeness (QED) is 0.743. The summed E-state index contributed by atoms with van der Waals surface area (Å²) in [4.78, 5) is 26.8. The normalized spacial score (nSPS) is 15.9. The third kappa shape index (κ3) is 4.19. The number of hydrogen-bond acceptors (Lipinski definition) is 4. The Labute approximate surface area is 166 Å². The highest BCUT2D eigenvalue weighted by atomic mass is 16.5. The number of nitrogens with zero attached hydrogens (tertiary/aromatic N) is 1. The van der Waals surface area contributed by atoms with Crippen molar-refractivity contribution in [3.8, 4) is 5.75 Å². The Balaban J connectivity index is 1.79. The largest absolute Gasteiger partial charge is 0.483 e. The van der Waals surface area contributed by atoms with Gasteiger partial charge >= 0.3 is 5.97 Å².